The Hall–Kier alpha value is -0.640. The van der Waals surface area contributed by atoms with E-state index < -0.39 is 5.54 Å². The largest absolute Gasteiger partial charge is 0.302 e. The van der Waals surface area contributed by atoms with Crippen LogP contribution < -0.4 is 5.32 Å². The molecule has 0 radical (unpaired) electrons. The fraction of sp³-hybridized carbons (Fsp3) is 0.625. The monoisotopic (exact) mass is 228 g/mol. The highest BCUT2D eigenvalue weighted by Gasteiger charge is 2.21. The molecule has 1 aromatic heterocycles. The fourth-order valence-corrected chi connectivity index (χ4v) is 2.61. The van der Waals surface area contributed by atoms with E-state index >= 15 is 0 Å². The maximum absolute atomic E-state index is 8.91. The molecule has 0 aliphatic heterocycles. The number of thioether (sulfide) groups is 1. The Morgan fingerprint density at radius 3 is 2.79 bits per heavy atom. The Morgan fingerprint density at radius 1 is 1.64 bits per heavy atom. The SMILES string of the molecule is CNC(C)(C#N)CSc1nnc(C)s1. The van der Waals surface area contributed by atoms with Crippen molar-refractivity contribution in [3.63, 3.8) is 0 Å². The molecular weight excluding hydrogens is 216 g/mol. The second kappa shape index (κ2) is 4.73. The molecule has 1 unspecified atom stereocenters. The summed E-state index contributed by atoms with van der Waals surface area (Å²) in [5.41, 5.74) is -0.496. The van der Waals surface area contributed by atoms with Gasteiger partial charge in [-0.25, -0.2) is 0 Å². The first-order chi connectivity index (χ1) is 6.59. The second-order valence-corrected chi connectivity index (χ2v) is 5.47. The summed E-state index contributed by atoms with van der Waals surface area (Å²) >= 11 is 3.11. The van der Waals surface area contributed by atoms with Gasteiger partial charge in [-0.05, 0) is 20.9 Å². The summed E-state index contributed by atoms with van der Waals surface area (Å²) in [6, 6.07) is 2.23. The van der Waals surface area contributed by atoms with E-state index in [4.69, 9.17) is 5.26 Å². The van der Waals surface area contributed by atoms with Gasteiger partial charge in [-0.1, -0.05) is 23.1 Å². The van der Waals surface area contributed by atoms with Crippen LogP contribution in [0.3, 0.4) is 0 Å². The molecule has 0 aliphatic rings. The number of aromatic nitrogens is 2. The van der Waals surface area contributed by atoms with Crippen molar-refractivity contribution in [3.05, 3.63) is 5.01 Å². The second-order valence-electron chi connectivity index (χ2n) is 3.07. The van der Waals surface area contributed by atoms with Crippen LogP contribution >= 0.6 is 23.1 Å². The molecule has 0 aromatic carbocycles. The van der Waals surface area contributed by atoms with E-state index in [-0.39, 0.29) is 0 Å². The summed E-state index contributed by atoms with van der Waals surface area (Å²) in [6.07, 6.45) is 0. The minimum Gasteiger partial charge on any atom is -0.302 e. The van der Waals surface area contributed by atoms with Gasteiger partial charge in [0.1, 0.15) is 10.5 Å². The van der Waals surface area contributed by atoms with E-state index in [0.717, 1.165) is 9.35 Å². The molecular formula is C8H12N4S2. The summed E-state index contributed by atoms with van der Waals surface area (Å²) in [7, 11) is 1.79. The lowest BCUT2D eigenvalue weighted by molar-refractivity contribution is 0.550. The van der Waals surface area contributed by atoms with Crippen molar-refractivity contribution in [3.8, 4) is 6.07 Å². The molecule has 6 heteroatoms. The van der Waals surface area contributed by atoms with E-state index in [1.54, 1.807) is 30.1 Å². The Bertz CT molecular complexity index is 343. The Morgan fingerprint density at radius 2 is 2.36 bits per heavy atom. The minimum absolute atomic E-state index is 0.496. The molecule has 0 saturated heterocycles. The molecule has 4 nitrogen and oxygen atoms in total. The van der Waals surface area contributed by atoms with Crippen molar-refractivity contribution < 1.29 is 0 Å². The lowest BCUT2D eigenvalue weighted by Gasteiger charge is -2.18. The lowest BCUT2D eigenvalue weighted by atomic mass is 10.1. The van der Waals surface area contributed by atoms with Crippen LogP contribution in [0.5, 0.6) is 0 Å². The highest BCUT2D eigenvalue weighted by molar-refractivity contribution is 8.01. The zero-order valence-corrected chi connectivity index (χ0v) is 10.00. The van der Waals surface area contributed by atoms with Crippen molar-refractivity contribution in [1.29, 1.82) is 5.26 Å². The highest BCUT2D eigenvalue weighted by Crippen LogP contribution is 2.24. The van der Waals surface area contributed by atoms with Crippen molar-refractivity contribution in [2.45, 2.75) is 23.7 Å². The molecule has 1 aromatic rings. The first-order valence-electron chi connectivity index (χ1n) is 4.13. The Labute approximate surface area is 91.7 Å². The number of nitrogens with one attached hydrogen (secondary N) is 1. The Balaban J connectivity index is 2.52. The third-order valence-electron chi connectivity index (χ3n) is 1.79. The standard InChI is InChI=1S/C8H12N4S2/c1-6-11-12-7(14-6)13-5-8(2,4-9)10-3/h10H,5H2,1-3H3. The van der Waals surface area contributed by atoms with Crippen LogP contribution in [0.25, 0.3) is 0 Å². The number of nitrogens with zero attached hydrogens (tertiary/aromatic N) is 3. The van der Waals surface area contributed by atoms with E-state index in [1.807, 2.05) is 13.8 Å². The topological polar surface area (TPSA) is 61.6 Å². The molecule has 1 atom stereocenters. The summed E-state index contributed by atoms with van der Waals surface area (Å²) in [5.74, 6) is 0.675. The van der Waals surface area contributed by atoms with Crippen molar-refractivity contribution >= 4 is 23.1 Å². The lowest BCUT2D eigenvalue weighted by Crippen LogP contribution is -2.40. The quantitative estimate of drug-likeness (QED) is 0.790. The number of rotatable bonds is 4. The average molecular weight is 228 g/mol. The Kier molecular flexibility index (Phi) is 3.86. The fourth-order valence-electron chi connectivity index (χ4n) is 0.703. The number of nitriles is 1. The third-order valence-corrected chi connectivity index (χ3v) is 4.08. The molecule has 1 N–H and O–H groups in total. The highest BCUT2D eigenvalue weighted by atomic mass is 32.2. The van der Waals surface area contributed by atoms with Gasteiger partial charge in [-0.2, -0.15) is 5.26 Å². The molecule has 1 heterocycles. The average Bonchev–Trinajstić information content (AvgIpc) is 2.61. The van der Waals surface area contributed by atoms with Gasteiger partial charge in [0.25, 0.3) is 0 Å². The van der Waals surface area contributed by atoms with Crippen molar-refractivity contribution in [2.24, 2.45) is 0 Å². The van der Waals surface area contributed by atoms with Gasteiger partial charge < -0.3 is 5.32 Å². The van der Waals surface area contributed by atoms with E-state index in [2.05, 4.69) is 21.6 Å². The van der Waals surface area contributed by atoms with Crippen molar-refractivity contribution in [2.75, 3.05) is 12.8 Å². The van der Waals surface area contributed by atoms with E-state index in [1.165, 1.54) is 0 Å². The molecule has 0 amide bonds. The molecule has 0 spiro atoms. The van der Waals surface area contributed by atoms with Crippen LogP contribution in [0, 0.1) is 18.3 Å². The van der Waals surface area contributed by atoms with Crippen LogP contribution in [0.1, 0.15) is 11.9 Å². The smallest absolute Gasteiger partial charge is 0.174 e. The predicted octanol–water partition coefficient (Wildman–Crippen LogP) is 1.44. The van der Waals surface area contributed by atoms with Gasteiger partial charge in [0.15, 0.2) is 4.34 Å². The van der Waals surface area contributed by atoms with Gasteiger partial charge in [-0.3, -0.25) is 0 Å². The van der Waals surface area contributed by atoms with Crippen LogP contribution in [0.2, 0.25) is 0 Å². The van der Waals surface area contributed by atoms with E-state index in [0.29, 0.717) is 5.75 Å². The summed E-state index contributed by atoms with van der Waals surface area (Å²) in [4.78, 5) is 0. The summed E-state index contributed by atoms with van der Waals surface area (Å²) < 4.78 is 0.916. The van der Waals surface area contributed by atoms with Crippen LogP contribution in [0.15, 0.2) is 4.34 Å². The van der Waals surface area contributed by atoms with Gasteiger partial charge in [-0.15, -0.1) is 10.2 Å². The maximum atomic E-state index is 8.91. The maximum Gasteiger partial charge on any atom is 0.174 e. The molecule has 1 rings (SSSR count). The molecule has 0 bridgehead atoms. The van der Waals surface area contributed by atoms with E-state index in [9.17, 15) is 0 Å². The molecule has 76 valence electrons. The third kappa shape index (κ3) is 2.94. The number of hydrogen-bond acceptors (Lipinski definition) is 6. The van der Waals surface area contributed by atoms with Gasteiger partial charge >= 0.3 is 0 Å². The predicted molar refractivity (Wildman–Crippen MR) is 58.4 cm³/mol. The molecule has 14 heavy (non-hydrogen) atoms. The normalized spacial score (nSPS) is 14.7. The first-order valence-corrected chi connectivity index (χ1v) is 5.93. The molecule has 0 aliphatic carbocycles. The van der Waals surface area contributed by atoms with Gasteiger partial charge in [0.05, 0.1) is 6.07 Å². The number of aryl methyl sites for hydroxylation is 1. The van der Waals surface area contributed by atoms with Gasteiger partial charge in [0.2, 0.25) is 0 Å². The van der Waals surface area contributed by atoms with Crippen molar-refractivity contribution in [1.82, 2.24) is 15.5 Å². The molecule has 0 fully saturated rings. The first kappa shape index (κ1) is 11.4. The summed E-state index contributed by atoms with van der Waals surface area (Å²) in [6.45, 7) is 3.79. The van der Waals surface area contributed by atoms with Crippen LogP contribution in [0.4, 0.5) is 0 Å². The zero-order valence-electron chi connectivity index (χ0n) is 8.37. The van der Waals surface area contributed by atoms with Gasteiger partial charge in [0, 0.05) is 5.75 Å². The summed E-state index contributed by atoms with van der Waals surface area (Å²) in [5, 5.41) is 20.7. The van der Waals surface area contributed by atoms with Crippen LogP contribution in [-0.4, -0.2) is 28.5 Å². The zero-order chi connectivity index (χ0) is 10.6. The van der Waals surface area contributed by atoms with Crippen LogP contribution in [-0.2, 0) is 0 Å². The number of hydrogen-bond donors (Lipinski definition) is 1. The minimum atomic E-state index is -0.496. The molecule has 0 saturated carbocycles.